The summed E-state index contributed by atoms with van der Waals surface area (Å²) >= 11 is 0. The Labute approximate surface area is 149 Å². The van der Waals surface area contributed by atoms with Gasteiger partial charge in [0, 0.05) is 6.20 Å². The third kappa shape index (κ3) is 3.49. The van der Waals surface area contributed by atoms with Crippen molar-refractivity contribution in [3.8, 4) is 0 Å². The number of nitrogens with one attached hydrogen (secondary N) is 1. The number of hydrogen-bond acceptors (Lipinski definition) is 3. The Bertz CT molecular complexity index is 945. The Morgan fingerprint density at radius 2 is 2.00 bits per heavy atom. The first-order valence-electron chi connectivity index (χ1n) is 8.09. The molecule has 1 aromatic carbocycles. The molecule has 26 heavy (non-hydrogen) atoms. The zero-order valence-corrected chi connectivity index (χ0v) is 14.7. The fourth-order valence-corrected chi connectivity index (χ4v) is 2.84. The van der Waals surface area contributed by atoms with Crippen molar-refractivity contribution < 1.29 is 13.6 Å². The van der Waals surface area contributed by atoms with Gasteiger partial charge in [-0.05, 0) is 32.4 Å². The number of alkyl halides is 2. The molecule has 0 radical (unpaired) electrons. The standard InChI is InChI=1S/C18H19F2N5O/c1-11-5-4-6-14(9-11)10-24-13(3)16(12(2)23-24)22-17(26)15-7-8-21-25(15)18(19)20/h4-9,18H,10H2,1-3H3,(H,22,26). The summed E-state index contributed by atoms with van der Waals surface area (Å²) in [7, 11) is 0. The first kappa shape index (κ1) is 17.8. The van der Waals surface area contributed by atoms with Crippen molar-refractivity contribution in [3.63, 3.8) is 0 Å². The average Bonchev–Trinajstić information content (AvgIpc) is 3.16. The Kier molecular flexibility index (Phi) is 4.83. The normalized spacial score (nSPS) is 11.2. The minimum atomic E-state index is -2.88. The van der Waals surface area contributed by atoms with Crippen LogP contribution in [0.3, 0.4) is 0 Å². The number of rotatable bonds is 5. The molecule has 136 valence electrons. The first-order valence-corrected chi connectivity index (χ1v) is 8.09. The van der Waals surface area contributed by atoms with E-state index >= 15 is 0 Å². The lowest BCUT2D eigenvalue weighted by atomic mass is 10.1. The van der Waals surface area contributed by atoms with Crippen LogP contribution in [0, 0.1) is 20.8 Å². The van der Waals surface area contributed by atoms with E-state index < -0.39 is 12.5 Å². The van der Waals surface area contributed by atoms with Gasteiger partial charge in [-0.25, -0.2) is 0 Å². The molecule has 2 heterocycles. The van der Waals surface area contributed by atoms with Crippen molar-refractivity contribution >= 4 is 11.6 Å². The third-order valence-electron chi connectivity index (χ3n) is 4.12. The van der Waals surface area contributed by atoms with Crippen LogP contribution in [0.25, 0.3) is 0 Å². The van der Waals surface area contributed by atoms with Crippen LogP contribution in [0.2, 0.25) is 0 Å². The van der Waals surface area contributed by atoms with Gasteiger partial charge in [-0.3, -0.25) is 9.48 Å². The van der Waals surface area contributed by atoms with Crippen molar-refractivity contribution in [2.45, 2.75) is 33.9 Å². The molecule has 0 aliphatic carbocycles. The molecule has 0 aliphatic heterocycles. The van der Waals surface area contributed by atoms with Crippen LogP contribution in [0.1, 0.15) is 39.6 Å². The minimum absolute atomic E-state index is 0.203. The van der Waals surface area contributed by atoms with Gasteiger partial charge < -0.3 is 5.32 Å². The van der Waals surface area contributed by atoms with Crippen molar-refractivity contribution in [2.24, 2.45) is 0 Å². The van der Waals surface area contributed by atoms with Crippen LogP contribution < -0.4 is 5.32 Å². The molecule has 8 heteroatoms. The number of anilines is 1. The lowest BCUT2D eigenvalue weighted by Crippen LogP contribution is -2.19. The van der Waals surface area contributed by atoms with E-state index in [-0.39, 0.29) is 5.69 Å². The number of carbonyl (C=O) groups excluding carboxylic acids is 1. The minimum Gasteiger partial charge on any atom is -0.317 e. The van der Waals surface area contributed by atoms with Gasteiger partial charge in [0.1, 0.15) is 5.69 Å². The summed E-state index contributed by atoms with van der Waals surface area (Å²) in [6, 6.07) is 9.31. The Morgan fingerprint density at radius 1 is 1.23 bits per heavy atom. The molecular weight excluding hydrogens is 340 g/mol. The summed E-state index contributed by atoms with van der Waals surface area (Å²) in [4.78, 5) is 12.4. The van der Waals surface area contributed by atoms with E-state index in [2.05, 4.69) is 21.6 Å². The SMILES string of the molecule is Cc1cccc(Cn2nc(C)c(NC(=O)c3ccnn3C(F)F)c2C)c1. The summed E-state index contributed by atoms with van der Waals surface area (Å²) in [5, 5.41) is 10.6. The quantitative estimate of drug-likeness (QED) is 0.755. The van der Waals surface area contributed by atoms with E-state index in [0.717, 1.165) is 16.8 Å². The zero-order valence-electron chi connectivity index (χ0n) is 14.7. The Morgan fingerprint density at radius 3 is 2.69 bits per heavy atom. The fourth-order valence-electron chi connectivity index (χ4n) is 2.84. The number of amides is 1. The molecule has 0 saturated heterocycles. The van der Waals surface area contributed by atoms with Crippen LogP contribution in [-0.4, -0.2) is 25.5 Å². The highest BCUT2D eigenvalue weighted by Crippen LogP contribution is 2.22. The van der Waals surface area contributed by atoms with E-state index in [4.69, 9.17) is 0 Å². The van der Waals surface area contributed by atoms with Gasteiger partial charge in [0.15, 0.2) is 0 Å². The molecule has 0 spiro atoms. The number of halogens is 2. The molecule has 0 fully saturated rings. The number of carbonyl (C=O) groups is 1. The fraction of sp³-hybridized carbons (Fsp3) is 0.278. The van der Waals surface area contributed by atoms with E-state index in [1.54, 1.807) is 11.6 Å². The Balaban J connectivity index is 1.84. The first-order chi connectivity index (χ1) is 12.4. The van der Waals surface area contributed by atoms with E-state index in [9.17, 15) is 13.6 Å². The van der Waals surface area contributed by atoms with Crippen molar-refractivity contribution in [3.05, 3.63) is 64.7 Å². The maximum absolute atomic E-state index is 12.9. The van der Waals surface area contributed by atoms with Crippen LogP contribution in [-0.2, 0) is 6.54 Å². The molecule has 1 amide bonds. The predicted molar refractivity (Wildman–Crippen MR) is 93.4 cm³/mol. The van der Waals surface area contributed by atoms with E-state index in [1.807, 2.05) is 32.0 Å². The molecule has 0 unspecified atom stereocenters. The van der Waals surface area contributed by atoms with Crippen LogP contribution >= 0.6 is 0 Å². The van der Waals surface area contributed by atoms with Crippen LogP contribution in [0.4, 0.5) is 14.5 Å². The van der Waals surface area contributed by atoms with Crippen molar-refractivity contribution in [2.75, 3.05) is 5.32 Å². The van der Waals surface area contributed by atoms with Gasteiger partial charge in [-0.2, -0.15) is 23.7 Å². The number of nitrogens with zero attached hydrogens (tertiary/aromatic N) is 4. The smallest absolute Gasteiger partial charge is 0.317 e. The highest BCUT2D eigenvalue weighted by molar-refractivity contribution is 6.03. The summed E-state index contributed by atoms with van der Waals surface area (Å²) in [5.74, 6) is -0.649. The van der Waals surface area contributed by atoms with Gasteiger partial charge in [0.25, 0.3) is 5.91 Å². The largest absolute Gasteiger partial charge is 0.333 e. The van der Waals surface area contributed by atoms with Gasteiger partial charge in [-0.15, -0.1) is 0 Å². The lowest BCUT2D eigenvalue weighted by Gasteiger charge is -2.09. The van der Waals surface area contributed by atoms with Crippen LogP contribution in [0.15, 0.2) is 36.5 Å². The predicted octanol–water partition coefficient (Wildman–Crippen LogP) is 3.70. The lowest BCUT2D eigenvalue weighted by molar-refractivity contribution is 0.0520. The number of aromatic nitrogens is 4. The molecule has 0 aliphatic rings. The summed E-state index contributed by atoms with van der Waals surface area (Å²) in [5.41, 5.74) is 3.92. The second-order valence-electron chi connectivity index (χ2n) is 6.09. The van der Waals surface area contributed by atoms with Crippen LogP contribution in [0.5, 0.6) is 0 Å². The molecular formula is C18H19F2N5O. The molecule has 0 bridgehead atoms. The molecule has 2 aromatic heterocycles. The zero-order chi connectivity index (χ0) is 18.8. The van der Waals surface area contributed by atoms with Crippen molar-refractivity contribution in [1.82, 2.24) is 19.6 Å². The van der Waals surface area contributed by atoms with Gasteiger partial charge in [0.05, 0.1) is 23.6 Å². The maximum Gasteiger partial charge on any atom is 0.333 e. The summed E-state index contributed by atoms with van der Waals surface area (Å²) < 4.78 is 28.0. The molecule has 3 aromatic rings. The number of hydrogen-bond donors (Lipinski definition) is 1. The molecule has 0 atom stereocenters. The highest BCUT2D eigenvalue weighted by atomic mass is 19.3. The van der Waals surface area contributed by atoms with Gasteiger partial charge in [0.2, 0.25) is 0 Å². The number of aryl methyl sites for hydroxylation is 2. The molecule has 1 N–H and O–H groups in total. The summed E-state index contributed by atoms with van der Waals surface area (Å²) in [6.07, 6.45) is 1.17. The Hall–Kier alpha value is -3.03. The molecule has 3 rings (SSSR count). The second-order valence-corrected chi connectivity index (χ2v) is 6.09. The van der Waals surface area contributed by atoms with Crippen molar-refractivity contribution in [1.29, 1.82) is 0 Å². The molecule has 6 nitrogen and oxygen atoms in total. The van der Waals surface area contributed by atoms with E-state index in [1.165, 1.54) is 12.3 Å². The molecule has 0 saturated carbocycles. The van der Waals surface area contributed by atoms with Gasteiger partial charge >= 0.3 is 6.55 Å². The number of benzene rings is 1. The average molecular weight is 359 g/mol. The van der Waals surface area contributed by atoms with E-state index in [0.29, 0.717) is 22.6 Å². The maximum atomic E-state index is 12.9. The van der Waals surface area contributed by atoms with Gasteiger partial charge in [-0.1, -0.05) is 29.8 Å². The summed E-state index contributed by atoms with van der Waals surface area (Å²) in [6.45, 7) is 3.29. The third-order valence-corrected chi connectivity index (χ3v) is 4.12. The second kappa shape index (κ2) is 7.07. The monoisotopic (exact) mass is 359 g/mol. The highest BCUT2D eigenvalue weighted by Gasteiger charge is 2.21. The topological polar surface area (TPSA) is 64.7 Å².